The van der Waals surface area contributed by atoms with Crippen LogP contribution in [0.2, 0.25) is 0 Å². The van der Waals surface area contributed by atoms with E-state index in [9.17, 15) is 0 Å². The molecule has 0 atom stereocenters. The van der Waals surface area contributed by atoms with Gasteiger partial charge in [-0.1, -0.05) is 0 Å². The maximum atomic E-state index is 4.02. The SMILES string of the molecule is CN=C1C=C(C)NC1. The molecule has 44 valence electrons. The Morgan fingerprint density at radius 2 is 2.50 bits per heavy atom. The second-order valence-electron chi connectivity index (χ2n) is 1.90. The van der Waals surface area contributed by atoms with Crippen molar-refractivity contribution in [3.63, 3.8) is 0 Å². The van der Waals surface area contributed by atoms with Crippen LogP contribution >= 0.6 is 0 Å². The summed E-state index contributed by atoms with van der Waals surface area (Å²) in [6.07, 6.45) is 2.06. The standard InChI is InChI=1S/C6H10N2/c1-5-3-6(7-2)4-8-5/h3,8H,4H2,1-2H3. The summed E-state index contributed by atoms with van der Waals surface area (Å²) in [5.74, 6) is 0. The molecule has 8 heavy (non-hydrogen) atoms. The Labute approximate surface area is 49.3 Å². The van der Waals surface area contributed by atoms with E-state index in [1.54, 1.807) is 0 Å². The van der Waals surface area contributed by atoms with E-state index < -0.39 is 0 Å². The summed E-state index contributed by atoms with van der Waals surface area (Å²) in [5, 5.41) is 3.15. The summed E-state index contributed by atoms with van der Waals surface area (Å²) < 4.78 is 0. The van der Waals surface area contributed by atoms with Gasteiger partial charge in [0.15, 0.2) is 0 Å². The molecule has 1 heterocycles. The molecule has 0 aromatic rings. The summed E-state index contributed by atoms with van der Waals surface area (Å²) in [7, 11) is 1.81. The van der Waals surface area contributed by atoms with Crippen LogP contribution in [0.1, 0.15) is 6.92 Å². The van der Waals surface area contributed by atoms with Crippen molar-refractivity contribution >= 4 is 5.71 Å². The molecular weight excluding hydrogens is 100 g/mol. The molecule has 1 aliphatic heterocycles. The monoisotopic (exact) mass is 110 g/mol. The Morgan fingerprint density at radius 1 is 1.75 bits per heavy atom. The maximum absolute atomic E-state index is 4.02. The highest BCUT2D eigenvalue weighted by Crippen LogP contribution is 1.95. The summed E-state index contributed by atoms with van der Waals surface area (Å²) >= 11 is 0. The van der Waals surface area contributed by atoms with E-state index in [0.29, 0.717) is 0 Å². The highest BCUT2D eigenvalue weighted by molar-refractivity contribution is 5.99. The molecule has 2 heteroatoms. The lowest BCUT2D eigenvalue weighted by molar-refractivity contribution is 0.965. The number of allylic oxidation sites excluding steroid dienone is 1. The zero-order valence-electron chi connectivity index (χ0n) is 5.23. The minimum Gasteiger partial charge on any atom is -0.383 e. The first-order valence-corrected chi connectivity index (χ1v) is 2.71. The molecule has 1 N–H and O–H groups in total. The van der Waals surface area contributed by atoms with Crippen LogP contribution in [0.3, 0.4) is 0 Å². The van der Waals surface area contributed by atoms with Crippen LogP contribution < -0.4 is 5.32 Å². The normalized spacial score (nSPS) is 23.2. The van der Waals surface area contributed by atoms with E-state index >= 15 is 0 Å². The highest BCUT2D eigenvalue weighted by atomic mass is 14.9. The van der Waals surface area contributed by atoms with Crippen LogP contribution in [0.5, 0.6) is 0 Å². The van der Waals surface area contributed by atoms with E-state index in [1.807, 2.05) is 14.0 Å². The number of hydrogen-bond acceptors (Lipinski definition) is 2. The molecule has 0 bridgehead atoms. The smallest absolute Gasteiger partial charge is 0.0566 e. The van der Waals surface area contributed by atoms with Crippen molar-refractivity contribution < 1.29 is 0 Å². The fourth-order valence-electron chi connectivity index (χ4n) is 0.726. The van der Waals surface area contributed by atoms with Gasteiger partial charge < -0.3 is 5.32 Å². The van der Waals surface area contributed by atoms with Gasteiger partial charge in [0, 0.05) is 12.7 Å². The Balaban J connectivity index is 2.67. The quantitative estimate of drug-likeness (QED) is 0.484. The van der Waals surface area contributed by atoms with Crippen molar-refractivity contribution in [3.05, 3.63) is 11.8 Å². The molecule has 0 aromatic heterocycles. The molecule has 0 fully saturated rings. The van der Waals surface area contributed by atoms with Gasteiger partial charge in [0.2, 0.25) is 0 Å². The third-order valence-corrected chi connectivity index (χ3v) is 1.22. The minimum atomic E-state index is 0.905. The van der Waals surface area contributed by atoms with Crippen LogP contribution in [0.15, 0.2) is 16.8 Å². The summed E-state index contributed by atoms with van der Waals surface area (Å²) in [5.41, 5.74) is 2.35. The molecule has 0 aromatic carbocycles. The Bertz CT molecular complexity index is 145. The largest absolute Gasteiger partial charge is 0.383 e. The number of nitrogens with zero attached hydrogens (tertiary/aromatic N) is 1. The molecule has 0 unspecified atom stereocenters. The maximum Gasteiger partial charge on any atom is 0.0566 e. The highest BCUT2D eigenvalue weighted by Gasteiger charge is 2.01. The van der Waals surface area contributed by atoms with Crippen LogP contribution in [0.4, 0.5) is 0 Å². The van der Waals surface area contributed by atoms with Crippen molar-refractivity contribution in [1.82, 2.24) is 5.32 Å². The summed E-state index contributed by atoms with van der Waals surface area (Å²) in [4.78, 5) is 4.02. The Hall–Kier alpha value is -0.790. The van der Waals surface area contributed by atoms with Gasteiger partial charge in [0.05, 0.1) is 12.3 Å². The number of aliphatic imine (C=N–C) groups is 1. The number of nitrogens with one attached hydrogen (secondary N) is 1. The van der Waals surface area contributed by atoms with Crippen molar-refractivity contribution in [1.29, 1.82) is 0 Å². The first kappa shape index (κ1) is 5.35. The zero-order chi connectivity index (χ0) is 5.98. The van der Waals surface area contributed by atoms with Gasteiger partial charge in [-0.05, 0) is 13.0 Å². The van der Waals surface area contributed by atoms with Gasteiger partial charge >= 0.3 is 0 Å². The molecular formula is C6H10N2. The van der Waals surface area contributed by atoms with Crippen LogP contribution in [-0.4, -0.2) is 19.3 Å². The van der Waals surface area contributed by atoms with Gasteiger partial charge in [-0.3, -0.25) is 4.99 Å². The fourth-order valence-corrected chi connectivity index (χ4v) is 0.726. The lowest BCUT2D eigenvalue weighted by atomic mass is 10.4. The van der Waals surface area contributed by atoms with Crippen molar-refractivity contribution in [2.24, 2.45) is 4.99 Å². The summed E-state index contributed by atoms with van der Waals surface area (Å²) in [6.45, 7) is 2.94. The van der Waals surface area contributed by atoms with Crippen molar-refractivity contribution in [2.75, 3.05) is 13.6 Å². The van der Waals surface area contributed by atoms with Crippen molar-refractivity contribution in [3.8, 4) is 0 Å². The van der Waals surface area contributed by atoms with E-state index in [-0.39, 0.29) is 0 Å². The number of hydrogen-bond donors (Lipinski definition) is 1. The van der Waals surface area contributed by atoms with E-state index in [2.05, 4.69) is 16.4 Å². The molecule has 0 amide bonds. The van der Waals surface area contributed by atoms with Crippen LogP contribution in [0, 0.1) is 0 Å². The van der Waals surface area contributed by atoms with Gasteiger partial charge in [0.1, 0.15) is 0 Å². The lowest BCUT2D eigenvalue weighted by Crippen LogP contribution is -2.09. The van der Waals surface area contributed by atoms with Gasteiger partial charge in [-0.15, -0.1) is 0 Å². The lowest BCUT2D eigenvalue weighted by Gasteiger charge is -1.89. The first-order valence-electron chi connectivity index (χ1n) is 2.71. The van der Waals surface area contributed by atoms with E-state index in [1.165, 1.54) is 5.70 Å². The third-order valence-electron chi connectivity index (χ3n) is 1.22. The van der Waals surface area contributed by atoms with Crippen LogP contribution in [0.25, 0.3) is 0 Å². The molecule has 0 saturated carbocycles. The predicted molar refractivity (Wildman–Crippen MR) is 35.1 cm³/mol. The molecule has 1 rings (SSSR count). The Morgan fingerprint density at radius 3 is 2.75 bits per heavy atom. The van der Waals surface area contributed by atoms with E-state index in [0.717, 1.165) is 12.3 Å². The Kier molecular flexibility index (Phi) is 1.33. The fraction of sp³-hybridized carbons (Fsp3) is 0.500. The van der Waals surface area contributed by atoms with Crippen molar-refractivity contribution in [2.45, 2.75) is 6.92 Å². The third kappa shape index (κ3) is 0.886. The van der Waals surface area contributed by atoms with Gasteiger partial charge in [0.25, 0.3) is 0 Å². The average molecular weight is 110 g/mol. The molecule has 0 aliphatic carbocycles. The number of rotatable bonds is 0. The second-order valence-corrected chi connectivity index (χ2v) is 1.90. The van der Waals surface area contributed by atoms with Gasteiger partial charge in [-0.2, -0.15) is 0 Å². The molecule has 0 saturated heterocycles. The topological polar surface area (TPSA) is 24.4 Å². The minimum absolute atomic E-state index is 0.905. The summed E-state index contributed by atoms with van der Waals surface area (Å²) in [6, 6.07) is 0. The predicted octanol–water partition coefficient (Wildman–Crippen LogP) is 0.564. The van der Waals surface area contributed by atoms with E-state index in [4.69, 9.17) is 0 Å². The zero-order valence-corrected chi connectivity index (χ0v) is 5.23. The molecule has 0 spiro atoms. The van der Waals surface area contributed by atoms with Gasteiger partial charge in [-0.25, -0.2) is 0 Å². The average Bonchev–Trinajstić information content (AvgIpc) is 2.14. The molecule has 2 nitrogen and oxygen atoms in total. The first-order chi connectivity index (χ1) is 3.83. The molecule has 1 aliphatic rings. The molecule has 0 radical (unpaired) electrons. The second kappa shape index (κ2) is 1.99. The van der Waals surface area contributed by atoms with Crippen LogP contribution in [-0.2, 0) is 0 Å².